The average Bonchev–Trinajstić information content (AvgIpc) is 2.25. The maximum absolute atomic E-state index is 11.6. The molecule has 2 atom stereocenters. The molecule has 0 aromatic carbocycles. The van der Waals surface area contributed by atoms with Gasteiger partial charge in [-0.15, -0.1) is 0 Å². The molecule has 4 nitrogen and oxygen atoms in total. The highest BCUT2D eigenvalue weighted by Gasteiger charge is 2.26. The fourth-order valence-electron chi connectivity index (χ4n) is 2.65. The second-order valence-corrected chi connectivity index (χ2v) is 9.08. The minimum Gasteiger partial charge on any atom is -0.312 e. The summed E-state index contributed by atoms with van der Waals surface area (Å²) in [5, 5.41) is 3.52. The van der Waals surface area contributed by atoms with Gasteiger partial charge in [0.2, 0.25) is 10.0 Å². The van der Waals surface area contributed by atoms with Gasteiger partial charge in [-0.1, -0.05) is 6.92 Å². The number of hydrogen-bond acceptors (Lipinski definition) is 3. The fraction of sp³-hybridized carbons (Fsp3) is 1.00. The largest absolute Gasteiger partial charge is 0.312 e. The van der Waals surface area contributed by atoms with Crippen LogP contribution in [-0.2, 0) is 10.0 Å². The maximum Gasteiger partial charge on any atom is 0.211 e. The molecule has 114 valence electrons. The number of nitrogens with zero attached hydrogens (tertiary/aromatic N) is 1. The summed E-state index contributed by atoms with van der Waals surface area (Å²) in [6.07, 6.45) is 4.58. The van der Waals surface area contributed by atoms with E-state index in [1.54, 1.807) is 4.31 Å². The normalized spacial score (nSPS) is 24.4. The van der Waals surface area contributed by atoms with Crippen molar-refractivity contribution in [3.8, 4) is 0 Å². The van der Waals surface area contributed by atoms with Crippen LogP contribution in [0.2, 0.25) is 0 Å². The highest BCUT2D eigenvalue weighted by molar-refractivity contribution is 7.88. The zero-order valence-electron chi connectivity index (χ0n) is 13.1. The first-order valence-corrected chi connectivity index (χ1v) is 9.13. The Balaban J connectivity index is 2.40. The summed E-state index contributed by atoms with van der Waals surface area (Å²) in [4.78, 5) is 0. The van der Waals surface area contributed by atoms with Gasteiger partial charge in [0, 0.05) is 18.6 Å². The van der Waals surface area contributed by atoms with Gasteiger partial charge in [-0.05, 0) is 58.4 Å². The maximum atomic E-state index is 11.6. The Morgan fingerprint density at radius 2 is 2.00 bits per heavy atom. The Morgan fingerprint density at radius 1 is 1.37 bits per heavy atom. The first-order valence-electron chi connectivity index (χ1n) is 7.28. The molecule has 1 rings (SSSR count). The summed E-state index contributed by atoms with van der Waals surface area (Å²) < 4.78 is 24.8. The van der Waals surface area contributed by atoms with Crippen molar-refractivity contribution >= 4 is 10.0 Å². The van der Waals surface area contributed by atoms with Crippen LogP contribution in [0.1, 0.15) is 47.0 Å². The Kier molecular flexibility index (Phi) is 5.83. The third kappa shape index (κ3) is 6.72. The van der Waals surface area contributed by atoms with E-state index in [2.05, 4.69) is 33.0 Å². The lowest BCUT2D eigenvalue weighted by molar-refractivity contribution is 0.228. The standard InChI is InChI=1S/C14H30N2O2S/c1-12(10-15-14(2,3)4)9-13-7-6-8-16(11-13)19(5,17)18/h12-13,15H,6-11H2,1-5H3. The Hall–Kier alpha value is -0.130. The van der Waals surface area contributed by atoms with E-state index in [1.807, 2.05) is 0 Å². The third-order valence-corrected chi connectivity index (χ3v) is 4.94. The van der Waals surface area contributed by atoms with Crippen molar-refractivity contribution in [3.63, 3.8) is 0 Å². The molecule has 1 fully saturated rings. The lowest BCUT2D eigenvalue weighted by Gasteiger charge is -2.33. The smallest absolute Gasteiger partial charge is 0.211 e. The second kappa shape index (κ2) is 6.55. The SMILES string of the molecule is CC(CNC(C)(C)C)CC1CCCN(S(C)(=O)=O)C1. The van der Waals surface area contributed by atoms with Crippen molar-refractivity contribution in [2.45, 2.75) is 52.5 Å². The van der Waals surface area contributed by atoms with E-state index >= 15 is 0 Å². The van der Waals surface area contributed by atoms with Gasteiger partial charge in [-0.3, -0.25) is 0 Å². The molecule has 0 aliphatic carbocycles. The van der Waals surface area contributed by atoms with Crippen LogP contribution < -0.4 is 5.32 Å². The monoisotopic (exact) mass is 290 g/mol. The topological polar surface area (TPSA) is 49.4 Å². The molecular weight excluding hydrogens is 260 g/mol. The molecular formula is C14H30N2O2S. The van der Waals surface area contributed by atoms with Gasteiger partial charge in [0.25, 0.3) is 0 Å². The number of hydrogen-bond donors (Lipinski definition) is 1. The molecule has 0 aromatic rings. The van der Waals surface area contributed by atoms with Crippen LogP contribution >= 0.6 is 0 Å². The van der Waals surface area contributed by atoms with Crippen molar-refractivity contribution in [3.05, 3.63) is 0 Å². The van der Waals surface area contributed by atoms with E-state index in [9.17, 15) is 8.42 Å². The van der Waals surface area contributed by atoms with Gasteiger partial charge in [-0.2, -0.15) is 0 Å². The quantitative estimate of drug-likeness (QED) is 0.843. The minimum atomic E-state index is -3.01. The third-order valence-electron chi connectivity index (χ3n) is 3.67. The predicted octanol–water partition coefficient (Wildman–Crippen LogP) is 2.07. The summed E-state index contributed by atoms with van der Waals surface area (Å²) in [6.45, 7) is 11.2. The molecule has 0 bridgehead atoms. The van der Waals surface area contributed by atoms with E-state index in [0.717, 1.165) is 25.8 Å². The molecule has 1 aliphatic rings. The summed E-state index contributed by atoms with van der Waals surface area (Å²) >= 11 is 0. The van der Waals surface area contributed by atoms with Crippen LogP contribution in [-0.4, -0.2) is 44.2 Å². The molecule has 1 aliphatic heterocycles. The lowest BCUT2D eigenvalue weighted by atomic mass is 9.89. The molecule has 2 unspecified atom stereocenters. The zero-order chi connectivity index (χ0) is 14.7. The first-order chi connectivity index (χ1) is 8.58. The summed E-state index contributed by atoms with van der Waals surface area (Å²) in [5.74, 6) is 1.10. The molecule has 1 saturated heterocycles. The van der Waals surface area contributed by atoms with E-state index in [-0.39, 0.29) is 5.54 Å². The fourth-order valence-corrected chi connectivity index (χ4v) is 3.60. The summed E-state index contributed by atoms with van der Waals surface area (Å²) in [5.41, 5.74) is 0.152. The molecule has 1 heterocycles. The van der Waals surface area contributed by atoms with Crippen molar-refractivity contribution in [1.29, 1.82) is 0 Å². The van der Waals surface area contributed by atoms with Gasteiger partial charge in [0.1, 0.15) is 0 Å². The number of piperidine rings is 1. The van der Waals surface area contributed by atoms with E-state index < -0.39 is 10.0 Å². The van der Waals surface area contributed by atoms with Gasteiger partial charge < -0.3 is 5.32 Å². The Bertz CT molecular complexity index is 373. The van der Waals surface area contributed by atoms with Crippen LogP contribution in [0.25, 0.3) is 0 Å². The van der Waals surface area contributed by atoms with Crippen LogP contribution in [0, 0.1) is 11.8 Å². The summed E-state index contributed by atoms with van der Waals surface area (Å²) in [7, 11) is -3.01. The van der Waals surface area contributed by atoms with Gasteiger partial charge >= 0.3 is 0 Å². The molecule has 0 spiro atoms. The lowest BCUT2D eigenvalue weighted by Crippen LogP contribution is -2.41. The van der Waals surface area contributed by atoms with Crippen LogP contribution in [0.4, 0.5) is 0 Å². The van der Waals surface area contributed by atoms with Gasteiger partial charge in [-0.25, -0.2) is 12.7 Å². The van der Waals surface area contributed by atoms with E-state index in [0.29, 0.717) is 24.9 Å². The van der Waals surface area contributed by atoms with Gasteiger partial charge in [0.05, 0.1) is 6.26 Å². The highest BCUT2D eigenvalue weighted by atomic mass is 32.2. The second-order valence-electron chi connectivity index (χ2n) is 7.10. The summed E-state index contributed by atoms with van der Waals surface area (Å²) in [6, 6.07) is 0. The van der Waals surface area contributed by atoms with E-state index in [1.165, 1.54) is 6.26 Å². The van der Waals surface area contributed by atoms with Crippen LogP contribution in [0.3, 0.4) is 0 Å². The van der Waals surface area contributed by atoms with E-state index in [4.69, 9.17) is 0 Å². The Morgan fingerprint density at radius 3 is 2.53 bits per heavy atom. The van der Waals surface area contributed by atoms with Crippen molar-refractivity contribution in [1.82, 2.24) is 9.62 Å². The number of rotatable bonds is 5. The number of nitrogens with one attached hydrogen (secondary N) is 1. The predicted molar refractivity (Wildman–Crippen MR) is 80.7 cm³/mol. The van der Waals surface area contributed by atoms with Crippen molar-refractivity contribution < 1.29 is 8.42 Å². The van der Waals surface area contributed by atoms with Crippen molar-refractivity contribution in [2.24, 2.45) is 11.8 Å². The Labute approximate surface area is 119 Å². The molecule has 1 N–H and O–H groups in total. The zero-order valence-corrected chi connectivity index (χ0v) is 13.9. The van der Waals surface area contributed by atoms with Gasteiger partial charge in [0.15, 0.2) is 0 Å². The molecule has 0 radical (unpaired) electrons. The highest BCUT2D eigenvalue weighted by Crippen LogP contribution is 2.24. The molecule has 0 amide bonds. The van der Waals surface area contributed by atoms with Crippen LogP contribution in [0.5, 0.6) is 0 Å². The molecule has 0 aromatic heterocycles. The number of sulfonamides is 1. The minimum absolute atomic E-state index is 0.152. The first kappa shape index (κ1) is 16.9. The molecule has 0 saturated carbocycles. The van der Waals surface area contributed by atoms with Crippen LogP contribution in [0.15, 0.2) is 0 Å². The molecule has 19 heavy (non-hydrogen) atoms. The average molecular weight is 290 g/mol. The molecule has 5 heteroatoms. The van der Waals surface area contributed by atoms with Crippen molar-refractivity contribution in [2.75, 3.05) is 25.9 Å².